The molecule has 1 atom stereocenters. The lowest BCUT2D eigenvalue weighted by Gasteiger charge is -2.14. The van der Waals surface area contributed by atoms with Gasteiger partial charge in [-0.3, -0.25) is 9.59 Å². The van der Waals surface area contributed by atoms with E-state index in [1.165, 1.54) is 5.56 Å². The average molecular weight is 394 g/mol. The van der Waals surface area contributed by atoms with E-state index in [4.69, 9.17) is 4.52 Å². The van der Waals surface area contributed by atoms with Crippen molar-refractivity contribution < 1.29 is 9.32 Å². The summed E-state index contributed by atoms with van der Waals surface area (Å²) in [6.45, 7) is 8.34. The maximum atomic E-state index is 12.6. The van der Waals surface area contributed by atoms with Crippen molar-refractivity contribution in [3.05, 3.63) is 69.5 Å². The van der Waals surface area contributed by atoms with Crippen LogP contribution in [0, 0.1) is 13.8 Å². The molecule has 0 saturated carbocycles. The molecule has 0 aliphatic rings. The van der Waals surface area contributed by atoms with Crippen LogP contribution in [0.25, 0.3) is 11.4 Å². The van der Waals surface area contributed by atoms with E-state index < -0.39 is 0 Å². The van der Waals surface area contributed by atoms with Gasteiger partial charge in [-0.25, -0.2) is 0 Å². The van der Waals surface area contributed by atoms with Gasteiger partial charge in [-0.1, -0.05) is 35.0 Å². The van der Waals surface area contributed by atoms with E-state index in [0.29, 0.717) is 24.4 Å². The molecule has 0 fully saturated rings. The van der Waals surface area contributed by atoms with Crippen LogP contribution in [0.5, 0.6) is 0 Å². The lowest BCUT2D eigenvalue weighted by Crippen LogP contribution is -2.26. The number of aryl methyl sites for hydroxylation is 3. The fourth-order valence-corrected chi connectivity index (χ4v) is 3.17. The molecule has 0 unspecified atom stereocenters. The van der Waals surface area contributed by atoms with Gasteiger partial charge in [-0.15, -0.1) is 0 Å². The normalized spacial score (nSPS) is 12.0. The number of amides is 1. The minimum absolute atomic E-state index is 0.0820. The highest BCUT2D eigenvalue weighted by molar-refractivity contribution is 5.76. The second-order valence-corrected chi connectivity index (χ2v) is 7.15. The van der Waals surface area contributed by atoms with Crippen LogP contribution in [-0.4, -0.2) is 20.6 Å². The van der Waals surface area contributed by atoms with E-state index in [-0.39, 0.29) is 29.8 Å². The van der Waals surface area contributed by atoms with Crippen LogP contribution in [0.3, 0.4) is 0 Å². The van der Waals surface area contributed by atoms with Crippen LogP contribution in [0.1, 0.15) is 49.0 Å². The van der Waals surface area contributed by atoms with Crippen molar-refractivity contribution in [3.63, 3.8) is 0 Å². The summed E-state index contributed by atoms with van der Waals surface area (Å²) >= 11 is 0. The molecular formula is C22H26N4O3. The molecule has 0 aliphatic carbocycles. The first kappa shape index (κ1) is 20.5. The second-order valence-electron chi connectivity index (χ2n) is 7.15. The van der Waals surface area contributed by atoms with Gasteiger partial charge in [0.05, 0.1) is 11.6 Å². The van der Waals surface area contributed by atoms with Crippen molar-refractivity contribution in [1.29, 1.82) is 0 Å². The predicted octanol–water partition coefficient (Wildman–Crippen LogP) is 3.35. The zero-order chi connectivity index (χ0) is 21.0. The molecule has 29 heavy (non-hydrogen) atoms. The molecule has 1 N–H and O–H groups in total. The Hall–Kier alpha value is -3.22. The summed E-state index contributed by atoms with van der Waals surface area (Å²) in [6.07, 6.45) is 0.540. The summed E-state index contributed by atoms with van der Waals surface area (Å²) in [5.41, 5.74) is 3.35. The molecule has 0 radical (unpaired) electrons. The van der Waals surface area contributed by atoms with Crippen LogP contribution in [-0.2, 0) is 17.8 Å². The van der Waals surface area contributed by atoms with Crippen LogP contribution in [0.4, 0.5) is 0 Å². The zero-order valence-electron chi connectivity index (χ0n) is 17.2. The first-order valence-electron chi connectivity index (χ1n) is 9.78. The quantitative estimate of drug-likeness (QED) is 0.664. The smallest absolute Gasteiger partial charge is 0.261 e. The first-order chi connectivity index (χ1) is 13.9. The van der Waals surface area contributed by atoms with E-state index in [0.717, 1.165) is 11.3 Å². The summed E-state index contributed by atoms with van der Waals surface area (Å²) in [6, 6.07) is 11.5. The molecule has 0 spiro atoms. The van der Waals surface area contributed by atoms with Gasteiger partial charge in [-0.2, -0.15) is 4.98 Å². The number of carbonyl (C=O) groups excluding carboxylic acids is 1. The van der Waals surface area contributed by atoms with Crippen molar-refractivity contribution in [1.82, 2.24) is 20.0 Å². The molecule has 1 aromatic carbocycles. The SMILES string of the molecule is CCn1c(C)ccc(-c2noc(CCC(=O)N[C@H](C)c3ccc(C)cc3)n2)c1=O. The molecule has 2 heterocycles. The third-order valence-electron chi connectivity index (χ3n) is 4.94. The van der Waals surface area contributed by atoms with E-state index in [1.54, 1.807) is 10.6 Å². The zero-order valence-corrected chi connectivity index (χ0v) is 17.2. The standard InChI is InChI=1S/C22H26N4O3/c1-5-26-15(3)8-11-18(22(26)28)21-24-20(29-25-21)13-12-19(27)23-16(4)17-9-6-14(2)7-10-17/h6-11,16H,5,12-13H2,1-4H3,(H,23,27)/t16-/m1/s1. The number of benzene rings is 1. The highest BCUT2D eigenvalue weighted by Gasteiger charge is 2.16. The molecule has 152 valence electrons. The molecule has 2 aromatic heterocycles. The van der Waals surface area contributed by atoms with E-state index in [1.807, 2.05) is 58.0 Å². The van der Waals surface area contributed by atoms with E-state index in [9.17, 15) is 9.59 Å². The molecule has 0 bridgehead atoms. The van der Waals surface area contributed by atoms with Gasteiger partial charge in [0.1, 0.15) is 0 Å². The van der Waals surface area contributed by atoms with Crippen LogP contribution in [0.2, 0.25) is 0 Å². The third kappa shape index (κ3) is 4.80. The van der Waals surface area contributed by atoms with Gasteiger partial charge >= 0.3 is 0 Å². The third-order valence-corrected chi connectivity index (χ3v) is 4.94. The van der Waals surface area contributed by atoms with Crippen molar-refractivity contribution in [3.8, 4) is 11.4 Å². The van der Waals surface area contributed by atoms with Crippen molar-refractivity contribution in [2.75, 3.05) is 0 Å². The number of hydrogen-bond donors (Lipinski definition) is 1. The minimum atomic E-state index is -0.149. The highest BCUT2D eigenvalue weighted by atomic mass is 16.5. The Morgan fingerprint density at radius 1 is 1.17 bits per heavy atom. The van der Waals surface area contributed by atoms with Crippen molar-refractivity contribution in [2.45, 2.75) is 53.1 Å². The summed E-state index contributed by atoms with van der Waals surface area (Å²) in [5.74, 6) is 0.489. The lowest BCUT2D eigenvalue weighted by atomic mass is 10.1. The molecule has 3 rings (SSSR count). The fraction of sp³-hybridized carbons (Fsp3) is 0.364. The van der Waals surface area contributed by atoms with E-state index >= 15 is 0 Å². The molecule has 0 saturated heterocycles. The summed E-state index contributed by atoms with van der Waals surface area (Å²) < 4.78 is 6.90. The first-order valence-corrected chi connectivity index (χ1v) is 9.78. The van der Waals surface area contributed by atoms with Gasteiger partial charge in [-0.05, 0) is 45.4 Å². The Balaban J connectivity index is 1.61. The van der Waals surface area contributed by atoms with Gasteiger partial charge < -0.3 is 14.4 Å². The van der Waals surface area contributed by atoms with Crippen LogP contribution >= 0.6 is 0 Å². The van der Waals surface area contributed by atoms with Crippen molar-refractivity contribution in [2.24, 2.45) is 0 Å². The Bertz CT molecular complexity index is 1050. The molecule has 7 heteroatoms. The molecular weight excluding hydrogens is 368 g/mol. The number of nitrogens with zero attached hydrogens (tertiary/aromatic N) is 3. The Kier molecular flexibility index (Phi) is 6.26. The maximum Gasteiger partial charge on any atom is 0.261 e. The van der Waals surface area contributed by atoms with Gasteiger partial charge in [0, 0.05) is 25.1 Å². The molecule has 0 aliphatic heterocycles. The van der Waals surface area contributed by atoms with Crippen LogP contribution in [0.15, 0.2) is 45.7 Å². The van der Waals surface area contributed by atoms with E-state index in [2.05, 4.69) is 15.5 Å². The maximum absolute atomic E-state index is 12.6. The number of carbonyl (C=O) groups is 1. The minimum Gasteiger partial charge on any atom is -0.350 e. The number of hydrogen-bond acceptors (Lipinski definition) is 5. The molecule has 1 amide bonds. The van der Waals surface area contributed by atoms with Gasteiger partial charge in [0.2, 0.25) is 17.6 Å². The topological polar surface area (TPSA) is 90.0 Å². The Morgan fingerprint density at radius 3 is 2.59 bits per heavy atom. The lowest BCUT2D eigenvalue weighted by molar-refractivity contribution is -0.121. The van der Waals surface area contributed by atoms with Gasteiger partial charge in [0.25, 0.3) is 5.56 Å². The van der Waals surface area contributed by atoms with Crippen molar-refractivity contribution >= 4 is 5.91 Å². The molecule has 7 nitrogen and oxygen atoms in total. The summed E-state index contributed by atoms with van der Waals surface area (Å²) in [5, 5.41) is 6.89. The highest BCUT2D eigenvalue weighted by Crippen LogP contribution is 2.15. The van der Waals surface area contributed by atoms with Gasteiger partial charge in [0.15, 0.2) is 0 Å². The number of aromatic nitrogens is 3. The summed E-state index contributed by atoms with van der Waals surface area (Å²) in [7, 11) is 0. The number of pyridine rings is 1. The monoisotopic (exact) mass is 394 g/mol. The fourth-order valence-electron chi connectivity index (χ4n) is 3.17. The Morgan fingerprint density at radius 2 is 1.90 bits per heavy atom. The molecule has 3 aromatic rings. The summed E-state index contributed by atoms with van der Waals surface area (Å²) in [4.78, 5) is 29.1. The average Bonchev–Trinajstić information content (AvgIpc) is 3.16. The Labute approximate surface area is 169 Å². The predicted molar refractivity (Wildman–Crippen MR) is 110 cm³/mol. The second kappa shape index (κ2) is 8.86. The van der Waals surface area contributed by atoms with Crippen LogP contribution < -0.4 is 10.9 Å². The number of nitrogens with one attached hydrogen (secondary N) is 1. The number of rotatable bonds is 7. The largest absolute Gasteiger partial charge is 0.350 e.